The van der Waals surface area contributed by atoms with Gasteiger partial charge in [-0.15, -0.1) is 0 Å². The molecule has 0 unspecified atom stereocenters. The number of hydrogen-bond acceptors (Lipinski definition) is 2. The summed E-state index contributed by atoms with van der Waals surface area (Å²) in [6.45, 7) is 1.91. The fourth-order valence-electron chi connectivity index (χ4n) is 1.78. The van der Waals surface area contributed by atoms with Gasteiger partial charge in [0.05, 0.1) is 6.42 Å². The van der Waals surface area contributed by atoms with Crippen LogP contribution in [0, 0.1) is 6.92 Å². The van der Waals surface area contributed by atoms with Crippen LogP contribution in [0.25, 0.3) is 10.9 Å². The van der Waals surface area contributed by atoms with Crippen LogP contribution in [0.3, 0.4) is 0 Å². The number of aryl methyl sites for hydroxylation is 1. The average Bonchev–Trinajstić information content (AvgIpc) is 2.55. The van der Waals surface area contributed by atoms with E-state index in [9.17, 15) is 4.79 Å². The van der Waals surface area contributed by atoms with Crippen LogP contribution in [0.1, 0.15) is 11.3 Å². The number of aromatic nitrogens is 1. The number of hydrogen-bond donors (Lipinski definition) is 3. The first-order valence-electron chi connectivity index (χ1n) is 4.81. The Labute approximate surface area is 101 Å². The first-order chi connectivity index (χ1) is 7.61. The highest BCUT2D eigenvalue weighted by molar-refractivity contribution is 9.10. The highest BCUT2D eigenvalue weighted by Gasteiger charge is 2.12. The molecule has 16 heavy (non-hydrogen) atoms. The van der Waals surface area contributed by atoms with Gasteiger partial charge in [-0.1, -0.05) is 15.9 Å². The van der Waals surface area contributed by atoms with Crippen molar-refractivity contribution in [1.82, 2.24) is 10.5 Å². The molecule has 84 valence electrons. The van der Waals surface area contributed by atoms with Crippen molar-refractivity contribution in [3.05, 3.63) is 33.9 Å². The number of halogens is 1. The summed E-state index contributed by atoms with van der Waals surface area (Å²) < 4.78 is 0.963. The van der Waals surface area contributed by atoms with Crippen molar-refractivity contribution in [2.45, 2.75) is 13.3 Å². The predicted molar refractivity (Wildman–Crippen MR) is 64.4 cm³/mol. The highest BCUT2D eigenvalue weighted by atomic mass is 79.9. The molecule has 0 saturated heterocycles. The average molecular weight is 283 g/mol. The van der Waals surface area contributed by atoms with E-state index < -0.39 is 5.91 Å². The molecule has 5 heteroatoms. The summed E-state index contributed by atoms with van der Waals surface area (Å²) in [5.41, 5.74) is 4.48. The zero-order valence-corrected chi connectivity index (χ0v) is 10.3. The van der Waals surface area contributed by atoms with Crippen molar-refractivity contribution in [3.63, 3.8) is 0 Å². The second-order valence-corrected chi connectivity index (χ2v) is 4.55. The number of carbonyl (C=O) groups excluding carboxylic acids is 1. The molecule has 0 aliphatic rings. The maximum atomic E-state index is 11.2. The number of rotatable bonds is 2. The van der Waals surface area contributed by atoms with Crippen LogP contribution in [-0.2, 0) is 11.2 Å². The van der Waals surface area contributed by atoms with Crippen LogP contribution in [0.5, 0.6) is 0 Å². The van der Waals surface area contributed by atoms with Crippen molar-refractivity contribution < 1.29 is 10.0 Å². The Balaban J connectivity index is 2.54. The van der Waals surface area contributed by atoms with Gasteiger partial charge in [0.1, 0.15) is 0 Å². The minimum atomic E-state index is -0.413. The zero-order valence-electron chi connectivity index (χ0n) is 8.67. The van der Waals surface area contributed by atoms with Gasteiger partial charge in [0.15, 0.2) is 0 Å². The summed E-state index contributed by atoms with van der Waals surface area (Å²) in [6, 6.07) is 5.85. The van der Waals surface area contributed by atoms with E-state index in [0.29, 0.717) is 0 Å². The third-order valence-electron chi connectivity index (χ3n) is 2.54. The lowest BCUT2D eigenvalue weighted by Crippen LogP contribution is -2.20. The van der Waals surface area contributed by atoms with Crippen molar-refractivity contribution in [3.8, 4) is 0 Å². The molecule has 2 rings (SSSR count). The molecule has 0 atom stereocenters. The number of fused-ring (bicyclic) bond motifs is 1. The number of H-pyrrole nitrogens is 1. The number of nitrogens with one attached hydrogen (secondary N) is 2. The van der Waals surface area contributed by atoms with Gasteiger partial charge in [0.25, 0.3) is 0 Å². The van der Waals surface area contributed by atoms with E-state index in [1.165, 1.54) is 0 Å². The summed E-state index contributed by atoms with van der Waals surface area (Å²) in [7, 11) is 0. The van der Waals surface area contributed by atoms with E-state index in [1.807, 2.05) is 25.1 Å². The fourth-order valence-corrected chi connectivity index (χ4v) is 2.14. The predicted octanol–water partition coefficient (Wildman–Crippen LogP) is 2.29. The van der Waals surface area contributed by atoms with E-state index >= 15 is 0 Å². The molecule has 0 saturated carbocycles. The van der Waals surface area contributed by atoms with E-state index in [-0.39, 0.29) is 6.42 Å². The molecule has 1 aromatic carbocycles. The molecule has 0 aliphatic carbocycles. The lowest BCUT2D eigenvalue weighted by atomic mass is 10.1. The Hall–Kier alpha value is -1.33. The van der Waals surface area contributed by atoms with Crippen molar-refractivity contribution in [2.75, 3.05) is 0 Å². The summed E-state index contributed by atoms with van der Waals surface area (Å²) in [5, 5.41) is 9.53. The maximum Gasteiger partial charge on any atom is 0.247 e. The first kappa shape index (κ1) is 11.2. The third kappa shape index (κ3) is 1.96. The number of amides is 1. The van der Waals surface area contributed by atoms with Crippen molar-refractivity contribution >= 4 is 32.7 Å². The summed E-state index contributed by atoms with van der Waals surface area (Å²) in [5.74, 6) is -0.413. The monoisotopic (exact) mass is 282 g/mol. The van der Waals surface area contributed by atoms with Crippen LogP contribution >= 0.6 is 15.9 Å². The minimum Gasteiger partial charge on any atom is -0.358 e. The van der Waals surface area contributed by atoms with Gasteiger partial charge in [-0.05, 0) is 30.7 Å². The third-order valence-corrected chi connectivity index (χ3v) is 3.04. The summed E-state index contributed by atoms with van der Waals surface area (Å²) in [6.07, 6.45) is 0.165. The van der Waals surface area contributed by atoms with Crippen molar-refractivity contribution in [2.24, 2.45) is 0 Å². The Bertz CT molecular complexity index is 548. The maximum absolute atomic E-state index is 11.2. The Kier molecular flexibility index (Phi) is 2.98. The zero-order chi connectivity index (χ0) is 11.7. The fraction of sp³-hybridized carbons (Fsp3) is 0.182. The van der Waals surface area contributed by atoms with Gasteiger partial charge in [-0.25, -0.2) is 5.48 Å². The van der Waals surface area contributed by atoms with Gasteiger partial charge >= 0.3 is 0 Å². The first-order valence-corrected chi connectivity index (χ1v) is 5.60. The minimum absolute atomic E-state index is 0.165. The standard InChI is InChI=1S/C11H11BrN2O2/c1-6-8(5-11(15)14-16)9-4-7(12)2-3-10(9)13-6/h2-4,13,16H,5H2,1H3,(H,14,15). The van der Waals surface area contributed by atoms with Gasteiger partial charge in [-0.2, -0.15) is 0 Å². The molecular formula is C11H11BrN2O2. The number of hydroxylamine groups is 1. The number of carbonyl (C=O) groups is 1. The number of benzene rings is 1. The molecular weight excluding hydrogens is 272 g/mol. The topological polar surface area (TPSA) is 65.1 Å². The molecule has 1 aromatic heterocycles. The molecule has 0 bridgehead atoms. The molecule has 1 heterocycles. The van der Waals surface area contributed by atoms with Crippen molar-refractivity contribution in [1.29, 1.82) is 0 Å². The summed E-state index contributed by atoms with van der Waals surface area (Å²) in [4.78, 5) is 14.4. The van der Waals surface area contributed by atoms with Crippen LogP contribution in [0.2, 0.25) is 0 Å². The van der Waals surface area contributed by atoms with E-state index in [2.05, 4.69) is 20.9 Å². The van der Waals surface area contributed by atoms with Crippen LogP contribution in [-0.4, -0.2) is 16.1 Å². The normalized spacial score (nSPS) is 10.7. The Morgan fingerprint density at radius 1 is 1.56 bits per heavy atom. The second kappa shape index (κ2) is 4.27. The molecule has 0 aliphatic heterocycles. The lowest BCUT2D eigenvalue weighted by molar-refractivity contribution is -0.128. The second-order valence-electron chi connectivity index (χ2n) is 3.63. The largest absolute Gasteiger partial charge is 0.358 e. The molecule has 0 fully saturated rings. The van der Waals surface area contributed by atoms with Crippen LogP contribution in [0.15, 0.2) is 22.7 Å². The Morgan fingerprint density at radius 2 is 2.31 bits per heavy atom. The Morgan fingerprint density at radius 3 is 3.00 bits per heavy atom. The smallest absolute Gasteiger partial charge is 0.247 e. The highest BCUT2D eigenvalue weighted by Crippen LogP contribution is 2.25. The van der Waals surface area contributed by atoms with Gasteiger partial charge in [0, 0.05) is 21.1 Å². The van der Waals surface area contributed by atoms with Gasteiger partial charge in [0.2, 0.25) is 5.91 Å². The number of aromatic amines is 1. The molecule has 0 spiro atoms. The molecule has 2 aromatic rings. The molecule has 1 amide bonds. The van der Waals surface area contributed by atoms with Crippen LogP contribution in [0.4, 0.5) is 0 Å². The van der Waals surface area contributed by atoms with Gasteiger partial charge < -0.3 is 4.98 Å². The van der Waals surface area contributed by atoms with E-state index in [4.69, 9.17) is 5.21 Å². The SMILES string of the molecule is Cc1[nH]c2ccc(Br)cc2c1CC(=O)NO. The van der Waals surface area contributed by atoms with Gasteiger partial charge in [-0.3, -0.25) is 10.0 Å². The molecule has 3 N–H and O–H groups in total. The quantitative estimate of drug-likeness (QED) is 0.585. The lowest BCUT2D eigenvalue weighted by Gasteiger charge is -2.00. The van der Waals surface area contributed by atoms with E-state index in [0.717, 1.165) is 26.6 Å². The van der Waals surface area contributed by atoms with Crippen LogP contribution < -0.4 is 5.48 Å². The molecule has 0 radical (unpaired) electrons. The summed E-state index contributed by atoms with van der Waals surface area (Å²) >= 11 is 3.40. The molecule has 4 nitrogen and oxygen atoms in total. The van der Waals surface area contributed by atoms with E-state index in [1.54, 1.807) is 5.48 Å².